The summed E-state index contributed by atoms with van der Waals surface area (Å²) in [6.45, 7) is 6.99. The van der Waals surface area contributed by atoms with Crippen molar-refractivity contribution in [2.45, 2.75) is 39.1 Å². The van der Waals surface area contributed by atoms with Gasteiger partial charge in [0.25, 0.3) is 5.56 Å². The number of nitrogens with zero attached hydrogens (tertiary/aromatic N) is 3. The second kappa shape index (κ2) is 7.78. The normalized spacial score (nSPS) is 22.3. The number of imidazole rings is 1. The van der Waals surface area contributed by atoms with E-state index in [1.165, 1.54) is 9.47 Å². The molecule has 8 nitrogen and oxygen atoms in total. The van der Waals surface area contributed by atoms with E-state index in [1.54, 1.807) is 7.05 Å². The first kappa shape index (κ1) is 19.9. The standard InChI is InChI=1S/C20H24ClN5O3/c1-12-8-25(9-13(2)29-12)11-16-22-18-17(19(27)23-20(28)24(18)3)26(16)10-14-4-6-15(21)7-5-14/h4-7,12-13H,8-11H2,1-3H3,(H,23,27,28)/p+1/t12-,13-/m0/s1. The highest BCUT2D eigenvalue weighted by atomic mass is 35.5. The minimum absolute atomic E-state index is 0.163. The summed E-state index contributed by atoms with van der Waals surface area (Å²) in [4.78, 5) is 33.2. The van der Waals surface area contributed by atoms with Crippen LogP contribution in [0, 0.1) is 0 Å². The molecule has 29 heavy (non-hydrogen) atoms. The molecule has 0 amide bonds. The Labute approximate surface area is 172 Å². The van der Waals surface area contributed by atoms with Crippen LogP contribution in [0.3, 0.4) is 0 Å². The molecule has 154 valence electrons. The fraction of sp³-hybridized carbons (Fsp3) is 0.450. The fourth-order valence-electron chi connectivity index (χ4n) is 4.11. The average Bonchev–Trinajstić information content (AvgIpc) is 2.99. The summed E-state index contributed by atoms with van der Waals surface area (Å²) in [6, 6.07) is 7.51. The molecule has 3 aromatic rings. The van der Waals surface area contributed by atoms with E-state index in [-0.39, 0.29) is 12.2 Å². The van der Waals surface area contributed by atoms with Crippen molar-refractivity contribution in [3.8, 4) is 0 Å². The number of aromatic amines is 1. The highest BCUT2D eigenvalue weighted by molar-refractivity contribution is 6.30. The molecule has 1 aliphatic heterocycles. The van der Waals surface area contributed by atoms with E-state index < -0.39 is 11.2 Å². The number of rotatable bonds is 4. The van der Waals surface area contributed by atoms with Crippen LogP contribution in [0.2, 0.25) is 5.02 Å². The number of benzene rings is 1. The molecule has 2 aromatic heterocycles. The van der Waals surface area contributed by atoms with Crippen molar-refractivity contribution < 1.29 is 9.64 Å². The van der Waals surface area contributed by atoms with Crippen LogP contribution in [0.1, 0.15) is 25.2 Å². The van der Waals surface area contributed by atoms with Crippen molar-refractivity contribution in [2.75, 3.05) is 13.1 Å². The van der Waals surface area contributed by atoms with Crippen molar-refractivity contribution >= 4 is 22.8 Å². The smallest absolute Gasteiger partial charge is 0.329 e. The minimum atomic E-state index is -0.467. The molecule has 3 heterocycles. The van der Waals surface area contributed by atoms with Crippen LogP contribution in [0.25, 0.3) is 11.2 Å². The third kappa shape index (κ3) is 4.01. The van der Waals surface area contributed by atoms with E-state index >= 15 is 0 Å². The van der Waals surface area contributed by atoms with Crippen LogP contribution >= 0.6 is 11.6 Å². The maximum absolute atomic E-state index is 12.6. The Balaban J connectivity index is 1.80. The SMILES string of the molecule is C[C@H]1C[NH+](Cc2nc3c(c(=O)[nH]c(=O)n3C)n2Cc2ccc(Cl)cc2)C[C@H](C)O1. The molecule has 0 saturated carbocycles. The first-order valence-electron chi connectivity index (χ1n) is 9.73. The van der Waals surface area contributed by atoms with Gasteiger partial charge in [-0.25, -0.2) is 9.78 Å². The molecular weight excluding hydrogens is 394 g/mol. The van der Waals surface area contributed by atoms with Crippen molar-refractivity contribution in [2.24, 2.45) is 7.05 Å². The second-order valence-corrected chi connectivity index (χ2v) is 8.26. The van der Waals surface area contributed by atoms with E-state index in [2.05, 4.69) is 18.8 Å². The Morgan fingerprint density at radius 1 is 1.21 bits per heavy atom. The van der Waals surface area contributed by atoms with Gasteiger partial charge in [0.05, 0.1) is 0 Å². The number of ether oxygens (including phenoxy) is 1. The molecule has 0 aliphatic carbocycles. The molecule has 4 rings (SSSR count). The molecule has 1 aromatic carbocycles. The summed E-state index contributed by atoms with van der Waals surface area (Å²) in [5, 5.41) is 0.658. The lowest BCUT2D eigenvalue weighted by Crippen LogP contribution is -3.14. The summed E-state index contributed by atoms with van der Waals surface area (Å²) in [5.41, 5.74) is 0.921. The lowest BCUT2D eigenvalue weighted by atomic mass is 10.2. The predicted molar refractivity (Wildman–Crippen MR) is 111 cm³/mol. The molecule has 2 atom stereocenters. The van der Waals surface area contributed by atoms with Crippen molar-refractivity contribution in [3.63, 3.8) is 0 Å². The van der Waals surface area contributed by atoms with Crippen molar-refractivity contribution in [1.29, 1.82) is 0 Å². The number of hydrogen-bond acceptors (Lipinski definition) is 4. The van der Waals surface area contributed by atoms with Gasteiger partial charge in [0.2, 0.25) is 0 Å². The lowest BCUT2D eigenvalue weighted by molar-refractivity contribution is -0.929. The molecular formula is C20H25ClN5O3+. The number of aryl methyl sites for hydroxylation is 1. The highest BCUT2D eigenvalue weighted by Crippen LogP contribution is 2.16. The highest BCUT2D eigenvalue weighted by Gasteiger charge is 2.28. The topological polar surface area (TPSA) is 86.4 Å². The molecule has 1 aliphatic rings. The van der Waals surface area contributed by atoms with Crippen LogP contribution in [0.15, 0.2) is 33.9 Å². The monoisotopic (exact) mass is 418 g/mol. The largest absolute Gasteiger partial charge is 0.364 e. The van der Waals surface area contributed by atoms with E-state index in [4.69, 9.17) is 21.3 Å². The summed E-state index contributed by atoms with van der Waals surface area (Å²) < 4.78 is 9.14. The maximum Gasteiger partial charge on any atom is 0.329 e. The van der Waals surface area contributed by atoms with E-state index in [0.29, 0.717) is 29.3 Å². The predicted octanol–water partition coefficient (Wildman–Crippen LogP) is 0.317. The lowest BCUT2D eigenvalue weighted by Gasteiger charge is -2.32. The van der Waals surface area contributed by atoms with Gasteiger partial charge in [-0.1, -0.05) is 23.7 Å². The van der Waals surface area contributed by atoms with Gasteiger partial charge in [-0.3, -0.25) is 14.3 Å². The van der Waals surface area contributed by atoms with Crippen LogP contribution in [-0.4, -0.2) is 44.4 Å². The summed E-state index contributed by atoms with van der Waals surface area (Å²) >= 11 is 6.01. The van der Waals surface area contributed by atoms with Crippen LogP contribution in [0.5, 0.6) is 0 Å². The minimum Gasteiger partial charge on any atom is -0.364 e. The Morgan fingerprint density at radius 3 is 2.52 bits per heavy atom. The Morgan fingerprint density at radius 2 is 1.86 bits per heavy atom. The number of quaternary nitrogens is 1. The van der Waals surface area contributed by atoms with Crippen LogP contribution in [0.4, 0.5) is 0 Å². The van der Waals surface area contributed by atoms with Crippen molar-refractivity contribution in [3.05, 3.63) is 61.5 Å². The van der Waals surface area contributed by atoms with Crippen molar-refractivity contribution in [1.82, 2.24) is 19.1 Å². The fourth-order valence-corrected chi connectivity index (χ4v) is 4.24. The van der Waals surface area contributed by atoms with Gasteiger partial charge in [-0.05, 0) is 31.5 Å². The number of hydrogen-bond donors (Lipinski definition) is 2. The number of H-pyrrole nitrogens is 1. The van der Waals surface area contributed by atoms with Gasteiger partial charge < -0.3 is 14.2 Å². The number of fused-ring (bicyclic) bond motifs is 1. The number of morpholine rings is 1. The molecule has 1 saturated heterocycles. The molecule has 2 N–H and O–H groups in total. The molecule has 1 fully saturated rings. The molecule has 9 heteroatoms. The molecule has 0 bridgehead atoms. The number of aromatic nitrogens is 4. The third-order valence-corrected chi connectivity index (χ3v) is 5.62. The molecule has 0 unspecified atom stereocenters. The van der Waals surface area contributed by atoms with Gasteiger partial charge in [-0.15, -0.1) is 0 Å². The quantitative estimate of drug-likeness (QED) is 0.638. The average molecular weight is 419 g/mol. The number of halogens is 1. The first-order valence-corrected chi connectivity index (χ1v) is 10.1. The zero-order valence-corrected chi connectivity index (χ0v) is 17.5. The second-order valence-electron chi connectivity index (χ2n) is 7.82. The Bertz CT molecular complexity index is 1140. The van der Waals surface area contributed by atoms with E-state index in [9.17, 15) is 9.59 Å². The summed E-state index contributed by atoms with van der Waals surface area (Å²) in [5.74, 6) is 0.776. The Hall–Kier alpha value is -2.42. The maximum atomic E-state index is 12.6. The van der Waals surface area contributed by atoms with E-state index in [1.807, 2.05) is 28.8 Å². The van der Waals surface area contributed by atoms with Gasteiger partial charge in [0, 0.05) is 18.6 Å². The van der Waals surface area contributed by atoms with Gasteiger partial charge in [0.15, 0.2) is 17.0 Å². The Kier molecular flexibility index (Phi) is 5.33. The first-order chi connectivity index (χ1) is 13.8. The summed E-state index contributed by atoms with van der Waals surface area (Å²) in [6.07, 6.45) is 0.325. The molecule has 0 spiro atoms. The zero-order chi connectivity index (χ0) is 20.7. The molecule has 0 radical (unpaired) electrons. The zero-order valence-electron chi connectivity index (χ0n) is 16.7. The number of nitrogens with one attached hydrogen (secondary N) is 2. The van der Waals surface area contributed by atoms with Gasteiger partial charge >= 0.3 is 5.69 Å². The third-order valence-electron chi connectivity index (χ3n) is 5.37. The summed E-state index contributed by atoms with van der Waals surface area (Å²) in [7, 11) is 1.62. The van der Waals surface area contributed by atoms with Crippen LogP contribution < -0.4 is 16.1 Å². The van der Waals surface area contributed by atoms with E-state index in [0.717, 1.165) is 24.5 Å². The van der Waals surface area contributed by atoms with Gasteiger partial charge in [-0.2, -0.15) is 0 Å². The van der Waals surface area contributed by atoms with Gasteiger partial charge in [0.1, 0.15) is 31.8 Å². The van der Waals surface area contributed by atoms with Crippen LogP contribution in [-0.2, 0) is 24.9 Å².